The van der Waals surface area contributed by atoms with Gasteiger partial charge in [0.2, 0.25) is 0 Å². The van der Waals surface area contributed by atoms with E-state index in [9.17, 15) is 31.5 Å². The predicted octanol–water partition coefficient (Wildman–Crippen LogP) is 6.79. The Kier molecular flexibility index (Phi) is 6.98. The Morgan fingerprint density at radius 2 is 1.63 bits per heavy atom. The van der Waals surface area contributed by atoms with E-state index in [1.807, 2.05) is 36.2 Å². The van der Waals surface area contributed by atoms with Crippen molar-refractivity contribution in [2.75, 3.05) is 33.2 Å². The van der Waals surface area contributed by atoms with Crippen molar-refractivity contribution < 1.29 is 31.5 Å². The van der Waals surface area contributed by atoms with Crippen LogP contribution in [0.5, 0.6) is 0 Å². The molecule has 9 heteroatoms. The molecule has 0 radical (unpaired) electrons. The van der Waals surface area contributed by atoms with Gasteiger partial charge in [0.1, 0.15) is 0 Å². The standard InChI is InChI=1S/C32H37F5N2O2/c1-30-12-11-24-23(26(30)9-10-27(30)31(33,34)32(35,36)37)8-7-21-17-22(40)18-25(28(21)24)19-3-5-20(6-4-19)29(41)39-15-13-38(2)14-16-39/h3-6,17,23,25-27H,7-16,18H2,1-2H3/t23-,25?,26+,27?,30+/m1/s1. The number of alkyl halides is 5. The number of carbonyl (C=O) groups is 2. The molecule has 4 aliphatic carbocycles. The second-order valence-corrected chi connectivity index (χ2v) is 13.1. The number of amides is 1. The van der Waals surface area contributed by atoms with E-state index in [0.717, 1.165) is 35.4 Å². The zero-order chi connectivity index (χ0) is 29.3. The number of fused-ring (bicyclic) bond motifs is 4. The molecule has 1 aromatic carbocycles. The number of halogens is 5. The number of benzene rings is 1. The Labute approximate surface area is 237 Å². The van der Waals surface area contributed by atoms with Gasteiger partial charge in [0, 0.05) is 50.0 Å². The van der Waals surface area contributed by atoms with E-state index in [2.05, 4.69) is 4.90 Å². The molecule has 0 spiro atoms. The Morgan fingerprint density at radius 1 is 0.951 bits per heavy atom. The van der Waals surface area contributed by atoms with Gasteiger partial charge in [-0.05, 0) is 97.7 Å². The highest BCUT2D eigenvalue weighted by Crippen LogP contribution is 2.67. The summed E-state index contributed by atoms with van der Waals surface area (Å²) in [6.45, 7) is 4.66. The Bertz CT molecular complexity index is 1290. The molecular weight excluding hydrogens is 539 g/mol. The number of carbonyl (C=O) groups excluding carboxylic acids is 2. The van der Waals surface area contributed by atoms with Gasteiger partial charge in [-0.15, -0.1) is 0 Å². The minimum Gasteiger partial charge on any atom is -0.336 e. The van der Waals surface area contributed by atoms with Crippen LogP contribution in [0.3, 0.4) is 0 Å². The highest BCUT2D eigenvalue weighted by atomic mass is 19.4. The van der Waals surface area contributed by atoms with Crippen LogP contribution in [-0.2, 0) is 4.79 Å². The third-order valence-corrected chi connectivity index (χ3v) is 10.9. The second kappa shape index (κ2) is 10.0. The van der Waals surface area contributed by atoms with Gasteiger partial charge in [-0.2, -0.15) is 22.0 Å². The number of rotatable bonds is 3. The first-order chi connectivity index (χ1) is 19.3. The maximum Gasteiger partial charge on any atom is 0.453 e. The van der Waals surface area contributed by atoms with Gasteiger partial charge in [-0.1, -0.05) is 24.6 Å². The van der Waals surface area contributed by atoms with Crippen molar-refractivity contribution in [2.24, 2.45) is 23.2 Å². The van der Waals surface area contributed by atoms with E-state index >= 15 is 0 Å². The zero-order valence-corrected chi connectivity index (χ0v) is 23.6. The van der Waals surface area contributed by atoms with Gasteiger partial charge in [0.05, 0.1) is 0 Å². The third-order valence-electron chi connectivity index (χ3n) is 10.9. The van der Waals surface area contributed by atoms with Gasteiger partial charge < -0.3 is 9.80 Å². The average Bonchev–Trinajstić information content (AvgIpc) is 3.30. The summed E-state index contributed by atoms with van der Waals surface area (Å²) in [5.74, 6) is -6.88. The minimum atomic E-state index is -5.55. The number of likely N-dealkylation sites (N-methyl/N-ethyl adjacent to an activating group) is 1. The van der Waals surface area contributed by atoms with Crippen LogP contribution >= 0.6 is 0 Å². The molecule has 4 nitrogen and oxygen atoms in total. The van der Waals surface area contributed by atoms with Crippen LogP contribution in [0.2, 0.25) is 0 Å². The minimum absolute atomic E-state index is 0.0114. The van der Waals surface area contributed by atoms with Crippen LogP contribution in [0.25, 0.3) is 0 Å². The molecule has 5 aliphatic rings. The lowest BCUT2D eigenvalue weighted by Crippen LogP contribution is -2.51. The molecule has 41 heavy (non-hydrogen) atoms. The maximum absolute atomic E-state index is 14.7. The first-order valence-corrected chi connectivity index (χ1v) is 14.8. The highest BCUT2D eigenvalue weighted by molar-refractivity contribution is 5.95. The van der Waals surface area contributed by atoms with Gasteiger partial charge in [0.25, 0.3) is 5.91 Å². The maximum atomic E-state index is 14.7. The predicted molar refractivity (Wildman–Crippen MR) is 145 cm³/mol. The molecule has 6 rings (SSSR count). The molecule has 5 atom stereocenters. The first kappa shape index (κ1) is 28.6. The number of ketones is 1. The molecule has 2 saturated carbocycles. The van der Waals surface area contributed by atoms with Crippen LogP contribution in [0.1, 0.15) is 73.7 Å². The van der Waals surface area contributed by atoms with Gasteiger partial charge in [-0.3, -0.25) is 9.59 Å². The fraction of sp³-hybridized carbons (Fsp3) is 0.625. The van der Waals surface area contributed by atoms with E-state index < -0.39 is 23.4 Å². The van der Waals surface area contributed by atoms with E-state index in [-0.39, 0.29) is 48.7 Å². The number of hydrogen-bond acceptors (Lipinski definition) is 3. The molecular formula is C32H37F5N2O2. The highest BCUT2D eigenvalue weighted by Gasteiger charge is 2.70. The van der Waals surface area contributed by atoms with Crippen molar-refractivity contribution in [3.05, 3.63) is 58.2 Å². The van der Waals surface area contributed by atoms with E-state index in [1.54, 1.807) is 13.0 Å². The molecule has 0 N–H and O–H groups in total. The molecule has 1 amide bonds. The summed E-state index contributed by atoms with van der Waals surface area (Å²) in [4.78, 5) is 29.9. The first-order valence-electron chi connectivity index (χ1n) is 14.8. The summed E-state index contributed by atoms with van der Waals surface area (Å²) in [5.41, 5.74) is 3.67. The topological polar surface area (TPSA) is 40.6 Å². The lowest BCUT2D eigenvalue weighted by molar-refractivity contribution is -0.314. The van der Waals surface area contributed by atoms with Crippen molar-refractivity contribution in [3.8, 4) is 0 Å². The smallest absolute Gasteiger partial charge is 0.336 e. The molecule has 0 aromatic heterocycles. The summed E-state index contributed by atoms with van der Waals surface area (Å²) in [7, 11) is 2.03. The third kappa shape index (κ3) is 4.66. The SMILES string of the molecule is CN1CCN(C(=O)c2ccc(C3CC(=O)C=C4CC[C@@H]5C(=C43)CC[C@]3(C)C(C(F)(F)C(F)(F)F)CC[C@@H]53)cc2)CC1. The van der Waals surface area contributed by atoms with Crippen molar-refractivity contribution in [1.29, 1.82) is 0 Å². The zero-order valence-electron chi connectivity index (χ0n) is 23.6. The van der Waals surface area contributed by atoms with Crippen LogP contribution in [-0.4, -0.2) is 66.8 Å². The molecule has 0 bridgehead atoms. The van der Waals surface area contributed by atoms with E-state index in [1.165, 1.54) is 0 Å². The van der Waals surface area contributed by atoms with Gasteiger partial charge >= 0.3 is 12.1 Å². The van der Waals surface area contributed by atoms with Crippen molar-refractivity contribution >= 4 is 11.7 Å². The van der Waals surface area contributed by atoms with E-state index in [4.69, 9.17) is 0 Å². The normalized spacial score (nSPS) is 32.8. The summed E-state index contributed by atoms with van der Waals surface area (Å²) in [5, 5.41) is 0. The van der Waals surface area contributed by atoms with Crippen LogP contribution < -0.4 is 0 Å². The Hall–Kier alpha value is -2.55. The van der Waals surface area contributed by atoms with Crippen LogP contribution in [0, 0.1) is 23.2 Å². The summed E-state index contributed by atoms with van der Waals surface area (Å²) >= 11 is 0. The fourth-order valence-corrected chi connectivity index (χ4v) is 8.76. The van der Waals surface area contributed by atoms with Crippen LogP contribution in [0.4, 0.5) is 22.0 Å². The number of hydrogen-bond donors (Lipinski definition) is 0. The summed E-state index contributed by atoms with van der Waals surface area (Å²) < 4.78 is 69.6. The molecule has 1 heterocycles. The Morgan fingerprint density at radius 3 is 2.29 bits per heavy atom. The molecule has 3 fully saturated rings. The number of nitrogens with zero attached hydrogens (tertiary/aromatic N) is 2. The molecule has 1 aromatic rings. The molecule has 222 valence electrons. The quantitative estimate of drug-likeness (QED) is 0.372. The van der Waals surface area contributed by atoms with E-state index in [0.29, 0.717) is 44.3 Å². The van der Waals surface area contributed by atoms with Gasteiger partial charge in [0.15, 0.2) is 5.78 Å². The lowest BCUT2D eigenvalue weighted by Gasteiger charge is -2.51. The Balaban J connectivity index is 1.30. The fourth-order valence-electron chi connectivity index (χ4n) is 8.76. The monoisotopic (exact) mass is 576 g/mol. The van der Waals surface area contributed by atoms with Crippen molar-refractivity contribution in [2.45, 2.75) is 69.9 Å². The molecule has 1 saturated heterocycles. The van der Waals surface area contributed by atoms with Crippen molar-refractivity contribution in [3.63, 3.8) is 0 Å². The lowest BCUT2D eigenvalue weighted by atomic mass is 9.54. The van der Waals surface area contributed by atoms with Crippen molar-refractivity contribution in [1.82, 2.24) is 9.80 Å². The largest absolute Gasteiger partial charge is 0.453 e. The number of piperazine rings is 1. The summed E-state index contributed by atoms with van der Waals surface area (Å²) in [6, 6.07) is 7.49. The summed E-state index contributed by atoms with van der Waals surface area (Å²) in [6.07, 6.45) is -1.26. The molecule has 2 unspecified atom stereocenters. The van der Waals surface area contributed by atoms with Gasteiger partial charge in [-0.25, -0.2) is 0 Å². The molecule has 1 aliphatic heterocycles. The average molecular weight is 577 g/mol. The van der Waals surface area contributed by atoms with Crippen LogP contribution in [0.15, 0.2) is 47.1 Å². The number of allylic oxidation sites excluding steroid dienone is 4. The second-order valence-electron chi connectivity index (χ2n) is 13.1.